The van der Waals surface area contributed by atoms with Gasteiger partial charge in [0.1, 0.15) is 6.04 Å². The molecule has 1 saturated heterocycles. The van der Waals surface area contributed by atoms with Gasteiger partial charge in [-0.1, -0.05) is 34.1 Å². The zero-order valence-corrected chi connectivity index (χ0v) is 12.5. The molecule has 0 radical (unpaired) electrons. The van der Waals surface area contributed by atoms with E-state index in [1.165, 1.54) is 0 Å². The molecule has 1 fully saturated rings. The lowest BCUT2D eigenvalue weighted by Gasteiger charge is -2.36. The summed E-state index contributed by atoms with van der Waals surface area (Å²) in [6.07, 6.45) is 1.94. The van der Waals surface area contributed by atoms with Gasteiger partial charge in [-0.25, -0.2) is 0 Å². The van der Waals surface area contributed by atoms with Crippen molar-refractivity contribution in [1.29, 1.82) is 5.26 Å². The molecule has 100 valence electrons. The molecule has 1 aromatic carbocycles. The number of benzene rings is 1. The average molecular weight is 320 g/mol. The smallest absolute Gasteiger partial charge is 0.123 e. The summed E-state index contributed by atoms with van der Waals surface area (Å²) < 4.78 is 1.05. The van der Waals surface area contributed by atoms with Crippen LogP contribution in [-0.2, 0) is 0 Å². The molecule has 1 aromatic rings. The minimum absolute atomic E-state index is 0.140. The van der Waals surface area contributed by atoms with Crippen LogP contribution >= 0.6 is 15.9 Å². The molecule has 1 heterocycles. The normalized spacial score (nSPS) is 18.7. The maximum atomic E-state index is 9.44. The zero-order valence-electron chi connectivity index (χ0n) is 10.9. The minimum Gasteiger partial charge on any atom is -0.297 e. The van der Waals surface area contributed by atoms with Crippen LogP contribution in [-0.4, -0.2) is 42.5 Å². The van der Waals surface area contributed by atoms with Crippen molar-refractivity contribution < 1.29 is 0 Å². The van der Waals surface area contributed by atoms with Crippen molar-refractivity contribution in [1.82, 2.24) is 9.80 Å². The molecule has 2 rings (SSSR count). The molecule has 1 unspecified atom stereocenters. The molecule has 0 spiro atoms. The molecule has 0 aromatic heterocycles. The molecule has 19 heavy (non-hydrogen) atoms. The van der Waals surface area contributed by atoms with Crippen LogP contribution in [0, 0.1) is 11.3 Å². The monoisotopic (exact) mass is 319 g/mol. The van der Waals surface area contributed by atoms with Gasteiger partial charge in [0.15, 0.2) is 0 Å². The fraction of sp³-hybridized carbons (Fsp3) is 0.400. The Morgan fingerprint density at radius 1 is 1.26 bits per heavy atom. The second kappa shape index (κ2) is 6.85. The summed E-state index contributed by atoms with van der Waals surface area (Å²) in [4.78, 5) is 4.61. The standard InChI is InChI=1S/C15H18BrN3/c1-2-7-18-8-10-19(11-9-18)15(12-17)13-3-5-14(16)6-4-13/h2-6,15H,1,7-11H2. The first-order valence-electron chi connectivity index (χ1n) is 6.47. The highest BCUT2D eigenvalue weighted by Gasteiger charge is 2.24. The minimum atomic E-state index is -0.140. The SMILES string of the molecule is C=CCN1CCN(C(C#N)c2ccc(Br)cc2)CC1. The van der Waals surface area contributed by atoms with Crippen LogP contribution in [0.2, 0.25) is 0 Å². The van der Waals surface area contributed by atoms with Crippen LogP contribution in [0.15, 0.2) is 41.4 Å². The van der Waals surface area contributed by atoms with E-state index in [-0.39, 0.29) is 6.04 Å². The number of rotatable bonds is 4. The van der Waals surface area contributed by atoms with Gasteiger partial charge in [-0.15, -0.1) is 6.58 Å². The fourth-order valence-electron chi connectivity index (χ4n) is 2.40. The molecule has 0 amide bonds. The predicted octanol–water partition coefficient (Wildman–Crippen LogP) is 2.82. The van der Waals surface area contributed by atoms with Crippen LogP contribution in [0.3, 0.4) is 0 Å². The molecule has 1 aliphatic rings. The van der Waals surface area contributed by atoms with E-state index in [0.717, 1.165) is 42.8 Å². The van der Waals surface area contributed by atoms with Crippen LogP contribution in [0.25, 0.3) is 0 Å². The van der Waals surface area contributed by atoms with Gasteiger partial charge in [-0.2, -0.15) is 5.26 Å². The number of nitriles is 1. The van der Waals surface area contributed by atoms with Crippen LogP contribution in [0.5, 0.6) is 0 Å². The van der Waals surface area contributed by atoms with E-state index in [9.17, 15) is 5.26 Å². The summed E-state index contributed by atoms with van der Waals surface area (Å²) in [5.74, 6) is 0. The average Bonchev–Trinajstić information content (AvgIpc) is 2.44. The highest BCUT2D eigenvalue weighted by atomic mass is 79.9. The molecule has 4 heteroatoms. The first-order valence-corrected chi connectivity index (χ1v) is 7.26. The summed E-state index contributed by atoms with van der Waals surface area (Å²) in [7, 11) is 0. The number of hydrogen-bond donors (Lipinski definition) is 0. The van der Waals surface area contributed by atoms with Gasteiger partial charge in [-0.05, 0) is 17.7 Å². The van der Waals surface area contributed by atoms with E-state index in [1.807, 2.05) is 30.3 Å². The van der Waals surface area contributed by atoms with Gasteiger partial charge in [0, 0.05) is 37.2 Å². The van der Waals surface area contributed by atoms with E-state index < -0.39 is 0 Å². The van der Waals surface area contributed by atoms with Gasteiger partial charge < -0.3 is 0 Å². The van der Waals surface area contributed by atoms with E-state index in [2.05, 4.69) is 38.4 Å². The van der Waals surface area contributed by atoms with Gasteiger partial charge in [0.25, 0.3) is 0 Å². The molecule has 1 aliphatic heterocycles. The van der Waals surface area contributed by atoms with Crippen molar-refractivity contribution in [3.05, 3.63) is 47.0 Å². The third-order valence-electron chi connectivity index (χ3n) is 3.47. The highest BCUT2D eigenvalue weighted by molar-refractivity contribution is 9.10. The Balaban J connectivity index is 2.02. The van der Waals surface area contributed by atoms with E-state index in [4.69, 9.17) is 0 Å². The van der Waals surface area contributed by atoms with Crippen molar-refractivity contribution in [2.75, 3.05) is 32.7 Å². The summed E-state index contributed by atoms with van der Waals surface area (Å²) in [5.41, 5.74) is 1.07. The Hall–Kier alpha value is -1.15. The number of piperazine rings is 1. The molecule has 1 atom stereocenters. The number of nitrogens with zero attached hydrogens (tertiary/aromatic N) is 3. The van der Waals surface area contributed by atoms with Gasteiger partial charge >= 0.3 is 0 Å². The highest BCUT2D eigenvalue weighted by Crippen LogP contribution is 2.23. The Morgan fingerprint density at radius 3 is 2.42 bits per heavy atom. The summed E-state index contributed by atoms with van der Waals surface area (Å²) in [6.45, 7) is 8.57. The largest absolute Gasteiger partial charge is 0.297 e. The van der Waals surface area contributed by atoms with Crippen molar-refractivity contribution in [2.24, 2.45) is 0 Å². The summed E-state index contributed by atoms with van der Waals surface area (Å²) >= 11 is 3.43. The molecule has 0 aliphatic carbocycles. The number of hydrogen-bond acceptors (Lipinski definition) is 3. The van der Waals surface area contributed by atoms with Crippen LogP contribution in [0.1, 0.15) is 11.6 Å². The molecular formula is C15H18BrN3. The second-order valence-corrected chi connectivity index (χ2v) is 5.62. The van der Waals surface area contributed by atoms with Crippen molar-refractivity contribution in [2.45, 2.75) is 6.04 Å². The third-order valence-corrected chi connectivity index (χ3v) is 4.00. The quantitative estimate of drug-likeness (QED) is 0.799. The third kappa shape index (κ3) is 3.66. The first kappa shape index (κ1) is 14.3. The van der Waals surface area contributed by atoms with Gasteiger partial charge in [0.2, 0.25) is 0 Å². The van der Waals surface area contributed by atoms with E-state index >= 15 is 0 Å². The summed E-state index contributed by atoms with van der Waals surface area (Å²) in [6, 6.07) is 10.3. The fourth-order valence-corrected chi connectivity index (χ4v) is 2.66. The lowest BCUT2D eigenvalue weighted by molar-refractivity contribution is 0.123. The van der Waals surface area contributed by atoms with Gasteiger partial charge in [-0.3, -0.25) is 9.80 Å². The second-order valence-electron chi connectivity index (χ2n) is 4.71. The zero-order chi connectivity index (χ0) is 13.7. The Labute approximate surface area is 123 Å². The van der Waals surface area contributed by atoms with E-state index in [1.54, 1.807) is 0 Å². The van der Waals surface area contributed by atoms with Crippen molar-refractivity contribution in [3.8, 4) is 6.07 Å². The topological polar surface area (TPSA) is 30.3 Å². The lowest BCUT2D eigenvalue weighted by Crippen LogP contribution is -2.47. The predicted molar refractivity (Wildman–Crippen MR) is 80.7 cm³/mol. The Kier molecular flexibility index (Phi) is 5.15. The Bertz CT molecular complexity index is 455. The molecule has 3 nitrogen and oxygen atoms in total. The van der Waals surface area contributed by atoms with Crippen LogP contribution < -0.4 is 0 Å². The van der Waals surface area contributed by atoms with Gasteiger partial charge in [0.05, 0.1) is 6.07 Å². The van der Waals surface area contributed by atoms with Crippen molar-refractivity contribution in [3.63, 3.8) is 0 Å². The molecule has 0 saturated carbocycles. The molecule has 0 N–H and O–H groups in total. The Morgan fingerprint density at radius 2 is 1.89 bits per heavy atom. The summed E-state index contributed by atoms with van der Waals surface area (Å²) in [5, 5.41) is 9.44. The van der Waals surface area contributed by atoms with Crippen molar-refractivity contribution >= 4 is 15.9 Å². The molecule has 0 bridgehead atoms. The lowest BCUT2D eigenvalue weighted by atomic mass is 10.1. The van der Waals surface area contributed by atoms with E-state index in [0.29, 0.717) is 0 Å². The van der Waals surface area contributed by atoms with Crippen LogP contribution in [0.4, 0.5) is 0 Å². The molecular weight excluding hydrogens is 302 g/mol. The maximum Gasteiger partial charge on any atom is 0.123 e. The first-order chi connectivity index (χ1) is 9.24. The number of halogens is 1. The maximum absolute atomic E-state index is 9.44.